The highest BCUT2D eigenvalue weighted by molar-refractivity contribution is 5.97. The minimum atomic E-state index is -0.770. The number of aromatic amines is 1. The van der Waals surface area contributed by atoms with Crippen molar-refractivity contribution in [2.75, 3.05) is 41.1 Å². The molecule has 61 heavy (non-hydrogen) atoms. The summed E-state index contributed by atoms with van der Waals surface area (Å²) >= 11 is 0. The Balaban J connectivity index is 1.22. The molecule has 4 amide bonds. The van der Waals surface area contributed by atoms with Crippen LogP contribution in [0.2, 0.25) is 0 Å². The Hall–Kier alpha value is -6.41. The fourth-order valence-corrected chi connectivity index (χ4v) is 7.70. The third-order valence-electron chi connectivity index (χ3n) is 11.1. The van der Waals surface area contributed by atoms with Crippen molar-refractivity contribution in [3.63, 3.8) is 0 Å². The molecule has 2 saturated heterocycles. The van der Waals surface area contributed by atoms with Gasteiger partial charge in [-0.05, 0) is 67.9 Å². The van der Waals surface area contributed by atoms with Crippen LogP contribution >= 0.6 is 0 Å². The summed E-state index contributed by atoms with van der Waals surface area (Å²) in [4.78, 5) is 78.9. The molecular weight excluding hydrogens is 785 g/mol. The number of nitrogens with zero attached hydrogens (tertiary/aromatic N) is 4. The molecule has 4 N–H and O–H groups in total. The molecule has 4 atom stereocenters. The van der Waals surface area contributed by atoms with E-state index in [2.05, 4.69) is 37.8 Å². The number of aromatic nitrogens is 4. The molecule has 0 radical (unpaired) electrons. The van der Waals surface area contributed by atoms with E-state index in [0.717, 1.165) is 36.9 Å². The van der Waals surface area contributed by atoms with Crippen LogP contribution in [0.3, 0.4) is 0 Å². The summed E-state index contributed by atoms with van der Waals surface area (Å²) in [5, 5.41) is 8.36. The predicted molar refractivity (Wildman–Crippen MR) is 224 cm³/mol. The summed E-state index contributed by atoms with van der Waals surface area (Å²) in [6, 6.07) is 8.64. The molecule has 6 rings (SSSR count). The SMILES string of the molecule is COC(=O)N[C@H]1CCCCCOCC[C@@H](c2ncc(-c3ccc(C#Cc4cc5nc([C@@H]6CCCN6C(=O)[C@@H](NC(=O)OC)C(C)C)n(C)c5cc4C(=O)OC)cc3)[nH]2)NC1=O. The summed E-state index contributed by atoms with van der Waals surface area (Å²) in [6.45, 7) is 5.28. The van der Waals surface area contributed by atoms with Crippen LogP contribution in [0.4, 0.5) is 9.59 Å². The summed E-state index contributed by atoms with van der Waals surface area (Å²) in [5.74, 6) is 6.26. The van der Waals surface area contributed by atoms with Crippen molar-refractivity contribution in [2.45, 2.75) is 83.0 Å². The topological polar surface area (TPSA) is 208 Å². The first kappa shape index (κ1) is 44.2. The van der Waals surface area contributed by atoms with Crippen molar-refractivity contribution in [2.24, 2.45) is 13.0 Å². The molecule has 4 aromatic rings. The van der Waals surface area contributed by atoms with Crippen molar-refractivity contribution < 1.29 is 42.9 Å². The van der Waals surface area contributed by atoms with Gasteiger partial charge in [-0.25, -0.2) is 24.4 Å². The lowest BCUT2D eigenvalue weighted by Gasteiger charge is -2.30. The first-order valence-corrected chi connectivity index (χ1v) is 20.6. The number of imidazole rings is 2. The van der Waals surface area contributed by atoms with Crippen molar-refractivity contribution in [3.8, 4) is 23.1 Å². The molecule has 2 aliphatic rings. The van der Waals surface area contributed by atoms with Crippen LogP contribution in [0.5, 0.6) is 0 Å². The maximum absolute atomic E-state index is 13.8. The van der Waals surface area contributed by atoms with Crippen molar-refractivity contribution in [3.05, 3.63) is 70.9 Å². The van der Waals surface area contributed by atoms with E-state index in [9.17, 15) is 24.0 Å². The van der Waals surface area contributed by atoms with Crippen LogP contribution in [0, 0.1) is 17.8 Å². The Bertz CT molecular complexity index is 2290. The number of hydrogen-bond donors (Lipinski definition) is 4. The number of H-pyrrole nitrogens is 1. The Morgan fingerprint density at radius 1 is 0.918 bits per heavy atom. The lowest BCUT2D eigenvalue weighted by molar-refractivity contribution is -0.135. The largest absolute Gasteiger partial charge is 0.465 e. The van der Waals surface area contributed by atoms with Crippen LogP contribution < -0.4 is 16.0 Å². The van der Waals surface area contributed by atoms with Gasteiger partial charge in [-0.1, -0.05) is 50.7 Å². The number of alkyl carbamates (subject to hydrolysis) is 2. The molecule has 17 nitrogen and oxygen atoms in total. The van der Waals surface area contributed by atoms with Gasteiger partial charge in [0.2, 0.25) is 11.8 Å². The summed E-state index contributed by atoms with van der Waals surface area (Å²) < 4.78 is 22.4. The van der Waals surface area contributed by atoms with E-state index >= 15 is 0 Å². The maximum atomic E-state index is 13.8. The number of benzene rings is 2. The van der Waals surface area contributed by atoms with Gasteiger partial charge in [0, 0.05) is 37.9 Å². The monoisotopic (exact) mass is 838 g/mol. The van der Waals surface area contributed by atoms with Crippen molar-refractivity contribution in [1.29, 1.82) is 0 Å². The third-order valence-corrected chi connectivity index (χ3v) is 11.1. The Labute approximate surface area is 354 Å². The molecule has 0 aliphatic carbocycles. The molecule has 4 heterocycles. The highest BCUT2D eigenvalue weighted by Crippen LogP contribution is 2.35. The number of hydrogen-bond acceptors (Lipinski definition) is 11. The molecule has 2 aliphatic heterocycles. The number of aryl methyl sites for hydroxylation is 1. The second-order valence-electron chi connectivity index (χ2n) is 15.5. The van der Waals surface area contributed by atoms with Gasteiger partial charge in [-0.3, -0.25) is 9.59 Å². The number of nitrogens with one attached hydrogen (secondary N) is 4. The molecule has 324 valence electrons. The summed E-state index contributed by atoms with van der Waals surface area (Å²) in [5.41, 5.74) is 4.24. The molecular formula is C44H54N8O9. The normalized spacial score (nSPS) is 19.1. The molecule has 0 bridgehead atoms. The highest BCUT2D eigenvalue weighted by Gasteiger charge is 2.38. The zero-order chi connectivity index (χ0) is 43.6. The number of carbonyl (C=O) groups excluding carboxylic acids is 5. The number of carbonyl (C=O) groups is 5. The lowest BCUT2D eigenvalue weighted by Crippen LogP contribution is -2.51. The standard InChI is InChI=1S/C44H54N8O9/c1-26(2)37(50-44(57)60-6)41(54)52-20-10-12-35(52)39-47-33-23-29(30(42(55)58-4)24-36(33)51(39)3)18-15-27-13-16-28(17-14-27)34-25-45-38(46-34)31-19-22-61-21-9-7-8-11-32(40(53)48-31)49-43(56)59-5/h13-14,16-17,23-26,31-32,35,37H,7-12,19-22H2,1-6H3,(H,45,46)(H,48,53)(H,49,56)(H,50,57)/t31-,32-,35-,37-/m0/s1. The number of rotatable bonds is 8. The second-order valence-corrected chi connectivity index (χ2v) is 15.5. The van der Waals surface area contributed by atoms with Gasteiger partial charge in [-0.15, -0.1) is 0 Å². The first-order chi connectivity index (χ1) is 29.4. The number of likely N-dealkylation sites (tertiary alicyclic amines) is 1. The number of amides is 4. The maximum Gasteiger partial charge on any atom is 0.407 e. The van der Waals surface area contributed by atoms with Crippen LogP contribution in [0.1, 0.15) is 104 Å². The van der Waals surface area contributed by atoms with Gasteiger partial charge in [0.25, 0.3) is 0 Å². The number of methoxy groups -OCH3 is 3. The Morgan fingerprint density at radius 3 is 2.41 bits per heavy atom. The van der Waals surface area contributed by atoms with Crippen LogP contribution in [-0.4, -0.2) is 108 Å². The molecule has 0 saturated carbocycles. The van der Waals surface area contributed by atoms with Crippen molar-refractivity contribution >= 4 is 41.0 Å². The fraction of sp³-hybridized carbons (Fsp3) is 0.477. The number of fused-ring (bicyclic) bond motifs is 1. The van der Waals surface area contributed by atoms with Gasteiger partial charge in [0.1, 0.15) is 23.7 Å². The van der Waals surface area contributed by atoms with Gasteiger partial charge in [0.15, 0.2) is 0 Å². The summed E-state index contributed by atoms with van der Waals surface area (Å²) in [7, 11) is 5.69. The van der Waals surface area contributed by atoms with Gasteiger partial charge < -0.3 is 49.3 Å². The van der Waals surface area contributed by atoms with E-state index in [1.54, 1.807) is 23.2 Å². The Morgan fingerprint density at radius 2 is 1.69 bits per heavy atom. The molecule has 17 heteroatoms. The number of esters is 1. The molecule has 2 aromatic carbocycles. The van der Waals surface area contributed by atoms with Gasteiger partial charge >= 0.3 is 18.2 Å². The van der Waals surface area contributed by atoms with E-state index in [1.807, 2.05) is 49.7 Å². The van der Waals surface area contributed by atoms with E-state index in [0.29, 0.717) is 72.8 Å². The van der Waals surface area contributed by atoms with Gasteiger partial charge in [-0.2, -0.15) is 0 Å². The number of ether oxygens (including phenoxy) is 4. The quantitative estimate of drug-likeness (QED) is 0.105. The molecule has 0 spiro atoms. The zero-order valence-corrected chi connectivity index (χ0v) is 35.5. The summed E-state index contributed by atoms with van der Waals surface area (Å²) in [6.07, 6.45) is 5.24. The van der Waals surface area contributed by atoms with Crippen LogP contribution in [0.25, 0.3) is 22.3 Å². The lowest BCUT2D eigenvalue weighted by atomic mass is 10.0. The van der Waals surface area contributed by atoms with Crippen LogP contribution in [-0.2, 0) is 35.6 Å². The van der Waals surface area contributed by atoms with Gasteiger partial charge in [0.05, 0.1) is 61.9 Å². The molecule has 2 fully saturated rings. The minimum Gasteiger partial charge on any atom is -0.465 e. The minimum absolute atomic E-state index is 0.174. The van der Waals surface area contributed by atoms with Crippen molar-refractivity contribution in [1.82, 2.24) is 40.4 Å². The second kappa shape index (κ2) is 20.2. The van der Waals surface area contributed by atoms with E-state index < -0.39 is 36.3 Å². The van der Waals surface area contributed by atoms with Crippen LogP contribution in [0.15, 0.2) is 42.6 Å². The average Bonchev–Trinajstić information content (AvgIpc) is 4.03. The van der Waals surface area contributed by atoms with E-state index in [-0.39, 0.29) is 29.3 Å². The molecule has 2 aromatic heterocycles. The average molecular weight is 839 g/mol. The Kier molecular flexibility index (Phi) is 14.6. The predicted octanol–water partition coefficient (Wildman–Crippen LogP) is 5.06. The first-order valence-electron chi connectivity index (χ1n) is 20.6. The smallest absolute Gasteiger partial charge is 0.407 e. The van der Waals surface area contributed by atoms with E-state index in [1.165, 1.54) is 21.3 Å². The van der Waals surface area contributed by atoms with E-state index in [4.69, 9.17) is 23.9 Å². The molecule has 0 unspecified atom stereocenters. The third kappa shape index (κ3) is 10.5. The zero-order valence-electron chi connectivity index (χ0n) is 35.5. The fourth-order valence-electron chi connectivity index (χ4n) is 7.70. The highest BCUT2D eigenvalue weighted by atomic mass is 16.5.